The zero-order valence-electron chi connectivity index (χ0n) is 11.1. The van der Waals surface area contributed by atoms with Crippen LogP contribution in [0.3, 0.4) is 0 Å². The molecule has 2 aromatic carbocycles. The summed E-state index contributed by atoms with van der Waals surface area (Å²) in [4.78, 5) is 22.4. The molecular weight excluding hydrogens is 276 g/mol. The third-order valence-corrected chi connectivity index (χ3v) is 3.66. The first-order valence-corrected chi connectivity index (χ1v) is 6.33. The van der Waals surface area contributed by atoms with E-state index in [1.807, 2.05) is 0 Å². The number of hydrogen-bond donors (Lipinski definition) is 1. The Morgan fingerprint density at radius 3 is 2.33 bits per heavy atom. The van der Waals surface area contributed by atoms with Crippen LogP contribution < -0.4 is 5.32 Å². The highest BCUT2D eigenvalue weighted by molar-refractivity contribution is 5.96. The molecule has 106 valence electrons. The largest absolute Gasteiger partial charge is 0.355 e. The van der Waals surface area contributed by atoms with Gasteiger partial charge in [-0.2, -0.15) is 8.78 Å². The molecule has 5 heteroatoms. The van der Waals surface area contributed by atoms with Gasteiger partial charge in [-0.3, -0.25) is 9.59 Å². The highest BCUT2D eigenvalue weighted by Gasteiger charge is 2.44. The van der Waals surface area contributed by atoms with Crippen LogP contribution in [-0.2, 0) is 5.92 Å². The molecular formula is C16H11F2NO2. The van der Waals surface area contributed by atoms with Gasteiger partial charge in [-0.25, -0.2) is 0 Å². The maximum Gasteiger partial charge on any atom is 0.299 e. The van der Waals surface area contributed by atoms with Gasteiger partial charge < -0.3 is 5.32 Å². The summed E-state index contributed by atoms with van der Waals surface area (Å²) in [7, 11) is 1.44. The molecule has 1 amide bonds. The van der Waals surface area contributed by atoms with Crippen LogP contribution in [-0.4, -0.2) is 19.2 Å². The predicted molar refractivity (Wildman–Crippen MR) is 73.7 cm³/mol. The van der Waals surface area contributed by atoms with Gasteiger partial charge in [0, 0.05) is 29.3 Å². The molecule has 0 aliphatic heterocycles. The molecule has 1 aliphatic rings. The van der Waals surface area contributed by atoms with Gasteiger partial charge in [-0.05, 0) is 29.3 Å². The van der Waals surface area contributed by atoms with Crippen molar-refractivity contribution in [3.05, 3.63) is 58.7 Å². The first-order valence-electron chi connectivity index (χ1n) is 6.33. The summed E-state index contributed by atoms with van der Waals surface area (Å²) in [5.74, 6) is -3.63. The smallest absolute Gasteiger partial charge is 0.299 e. The molecule has 0 bridgehead atoms. The number of hydrogen-bond acceptors (Lipinski definition) is 2. The van der Waals surface area contributed by atoms with Crippen molar-refractivity contribution in [3.8, 4) is 11.1 Å². The fourth-order valence-electron chi connectivity index (χ4n) is 2.60. The van der Waals surface area contributed by atoms with E-state index < -0.39 is 11.8 Å². The molecule has 0 fully saturated rings. The van der Waals surface area contributed by atoms with E-state index in [-0.39, 0.29) is 22.3 Å². The Bertz CT molecular complexity index is 769. The molecule has 3 nitrogen and oxygen atoms in total. The summed E-state index contributed by atoms with van der Waals surface area (Å²) in [6.07, 6.45) is 0.537. The Hall–Kier alpha value is -2.56. The molecule has 0 saturated heterocycles. The van der Waals surface area contributed by atoms with Crippen molar-refractivity contribution >= 4 is 12.2 Å². The quantitative estimate of drug-likeness (QED) is 0.863. The van der Waals surface area contributed by atoms with Crippen molar-refractivity contribution < 1.29 is 18.4 Å². The van der Waals surface area contributed by atoms with Crippen molar-refractivity contribution in [3.63, 3.8) is 0 Å². The van der Waals surface area contributed by atoms with Gasteiger partial charge in [-0.1, -0.05) is 18.2 Å². The highest BCUT2D eigenvalue weighted by atomic mass is 19.3. The average molecular weight is 287 g/mol. The molecule has 0 radical (unpaired) electrons. The van der Waals surface area contributed by atoms with Crippen LogP contribution in [0.5, 0.6) is 0 Å². The zero-order chi connectivity index (χ0) is 15.2. The number of nitrogens with one attached hydrogen (secondary N) is 1. The lowest BCUT2D eigenvalue weighted by Gasteiger charge is -2.13. The first-order chi connectivity index (χ1) is 9.98. The fraction of sp³-hybridized carbons (Fsp3) is 0.125. The molecule has 0 aromatic heterocycles. The van der Waals surface area contributed by atoms with Crippen LogP contribution in [0.1, 0.15) is 31.8 Å². The van der Waals surface area contributed by atoms with Gasteiger partial charge in [0.2, 0.25) is 0 Å². The normalized spacial score (nSPS) is 14.2. The van der Waals surface area contributed by atoms with Gasteiger partial charge in [0.05, 0.1) is 0 Å². The second-order valence-electron chi connectivity index (χ2n) is 4.84. The van der Waals surface area contributed by atoms with E-state index >= 15 is 0 Å². The fourth-order valence-corrected chi connectivity index (χ4v) is 2.60. The molecule has 1 aliphatic carbocycles. The number of carbonyl (C=O) groups is 2. The summed E-state index contributed by atoms with van der Waals surface area (Å²) in [5.41, 5.74) is 0.758. The Kier molecular flexibility index (Phi) is 2.86. The molecule has 1 N–H and O–H groups in total. The molecule has 0 heterocycles. The minimum atomic E-state index is -3.21. The average Bonchev–Trinajstić information content (AvgIpc) is 2.74. The molecule has 0 unspecified atom stereocenters. The summed E-state index contributed by atoms with van der Waals surface area (Å²) >= 11 is 0. The Labute approximate surface area is 119 Å². The lowest BCUT2D eigenvalue weighted by Crippen LogP contribution is -2.19. The second kappa shape index (κ2) is 4.48. The van der Waals surface area contributed by atoms with E-state index in [4.69, 9.17) is 0 Å². The topological polar surface area (TPSA) is 46.2 Å². The number of amides is 1. The summed E-state index contributed by atoms with van der Waals surface area (Å²) in [5, 5.41) is 2.41. The van der Waals surface area contributed by atoms with E-state index in [2.05, 4.69) is 5.32 Å². The Morgan fingerprint density at radius 2 is 1.71 bits per heavy atom. The Morgan fingerprint density at radius 1 is 1.10 bits per heavy atom. The van der Waals surface area contributed by atoms with Gasteiger partial charge in [0.15, 0.2) is 0 Å². The van der Waals surface area contributed by atoms with Crippen molar-refractivity contribution in [2.45, 2.75) is 5.92 Å². The molecule has 3 rings (SSSR count). The van der Waals surface area contributed by atoms with Crippen molar-refractivity contribution in [1.29, 1.82) is 0 Å². The van der Waals surface area contributed by atoms with Crippen molar-refractivity contribution in [2.75, 3.05) is 7.05 Å². The lowest BCUT2D eigenvalue weighted by molar-refractivity contribution is 0.0479. The number of alkyl halides is 2. The highest BCUT2D eigenvalue weighted by Crippen LogP contribution is 2.51. The third-order valence-electron chi connectivity index (χ3n) is 3.66. The number of carbonyl (C=O) groups excluding carboxylic acids is 2. The second-order valence-corrected chi connectivity index (χ2v) is 4.84. The van der Waals surface area contributed by atoms with Crippen LogP contribution in [0.4, 0.5) is 8.78 Å². The van der Waals surface area contributed by atoms with Gasteiger partial charge in [-0.15, -0.1) is 0 Å². The summed E-state index contributed by atoms with van der Waals surface area (Å²) in [6.45, 7) is 0. The maximum atomic E-state index is 14.5. The van der Waals surface area contributed by atoms with Crippen LogP contribution in [0.25, 0.3) is 11.1 Å². The van der Waals surface area contributed by atoms with Crippen LogP contribution in [0.15, 0.2) is 36.4 Å². The molecule has 2 aromatic rings. The van der Waals surface area contributed by atoms with E-state index in [0.29, 0.717) is 17.4 Å². The predicted octanol–water partition coefficient (Wildman–Crippen LogP) is 2.98. The van der Waals surface area contributed by atoms with Gasteiger partial charge in [0.1, 0.15) is 6.29 Å². The SMILES string of the molecule is CNC(=O)c1ccc2c(c1)C(F)(F)c1cc(C=O)ccc1-2. The number of fused-ring (bicyclic) bond motifs is 3. The number of aldehydes is 1. The van der Waals surface area contributed by atoms with Crippen LogP contribution >= 0.6 is 0 Å². The van der Waals surface area contributed by atoms with E-state index in [1.54, 1.807) is 0 Å². The van der Waals surface area contributed by atoms with Gasteiger partial charge >= 0.3 is 0 Å². The standard InChI is InChI=1S/C16H11F2NO2/c1-19-15(21)10-3-5-12-11-4-2-9(8-20)6-13(11)16(17,18)14(12)7-10/h2-8H,1H3,(H,19,21). The minimum absolute atomic E-state index is 0.180. The lowest BCUT2D eigenvalue weighted by atomic mass is 10.0. The van der Waals surface area contributed by atoms with Crippen molar-refractivity contribution in [1.82, 2.24) is 5.32 Å². The number of benzene rings is 2. The molecule has 0 atom stereocenters. The van der Waals surface area contributed by atoms with E-state index in [0.717, 1.165) is 0 Å². The van der Waals surface area contributed by atoms with Crippen LogP contribution in [0.2, 0.25) is 0 Å². The number of halogens is 2. The Balaban J connectivity index is 2.23. The minimum Gasteiger partial charge on any atom is -0.355 e. The van der Waals surface area contributed by atoms with Crippen molar-refractivity contribution in [2.24, 2.45) is 0 Å². The molecule has 0 saturated carbocycles. The van der Waals surface area contributed by atoms with Gasteiger partial charge in [0.25, 0.3) is 11.8 Å². The van der Waals surface area contributed by atoms with E-state index in [9.17, 15) is 18.4 Å². The van der Waals surface area contributed by atoms with E-state index in [1.165, 1.54) is 43.4 Å². The number of rotatable bonds is 2. The monoisotopic (exact) mass is 287 g/mol. The van der Waals surface area contributed by atoms with Crippen LogP contribution in [0, 0.1) is 0 Å². The summed E-state index contributed by atoms with van der Waals surface area (Å²) in [6, 6.07) is 8.44. The summed E-state index contributed by atoms with van der Waals surface area (Å²) < 4.78 is 29.1. The first kappa shape index (κ1) is 13.4. The third kappa shape index (κ3) is 1.85. The zero-order valence-corrected chi connectivity index (χ0v) is 11.1. The molecule has 0 spiro atoms. The maximum absolute atomic E-state index is 14.5. The molecule has 21 heavy (non-hydrogen) atoms.